The lowest BCUT2D eigenvalue weighted by molar-refractivity contribution is -0.192. The van der Waals surface area contributed by atoms with Gasteiger partial charge in [0.15, 0.2) is 0 Å². The highest BCUT2D eigenvalue weighted by Crippen LogP contribution is 2.30. The quantitative estimate of drug-likeness (QED) is 0.826. The number of alkyl halides is 3. The van der Waals surface area contributed by atoms with Gasteiger partial charge in [0.2, 0.25) is 5.91 Å². The largest absolute Gasteiger partial charge is 0.490 e. The summed E-state index contributed by atoms with van der Waals surface area (Å²) in [6.45, 7) is 6.92. The number of halogens is 3. The molecule has 28 heavy (non-hydrogen) atoms. The fourth-order valence-electron chi connectivity index (χ4n) is 2.97. The zero-order valence-corrected chi connectivity index (χ0v) is 15.7. The summed E-state index contributed by atoms with van der Waals surface area (Å²) in [5, 5.41) is 7.12. The number of nitrogens with one attached hydrogen (secondary N) is 1. The summed E-state index contributed by atoms with van der Waals surface area (Å²) in [5.74, 6) is -1.42. The van der Waals surface area contributed by atoms with Gasteiger partial charge < -0.3 is 15.0 Å². The molecule has 1 fully saturated rings. The number of aliphatic carboxylic acids is 1. The Morgan fingerprint density at radius 1 is 1.29 bits per heavy atom. The highest BCUT2D eigenvalue weighted by atomic mass is 19.4. The molecule has 0 bridgehead atoms. The van der Waals surface area contributed by atoms with Crippen molar-refractivity contribution in [3.8, 4) is 11.3 Å². The number of aryl methyl sites for hydroxylation is 1. The van der Waals surface area contributed by atoms with Crippen molar-refractivity contribution in [3.63, 3.8) is 0 Å². The number of imidazole rings is 1. The monoisotopic (exact) mass is 397 g/mol. The Hall–Kier alpha value is -2.84. The number of likely N-dealkylation sites (tertiary alicyclic amines) is 1. The number of aromatic nitrogens is 2. The van der Waals surface area contributed by atoms with E-state index in [-0.39, 0.29) is 17.9 Å². The third-order valence-corrected chi connectivity index (χ3v) is 4.36. The van der Waals surface area contributed by atoms with Crippen LogP contribution in [0.2, 0.25) is 0 Å². The number of carbonyl (C=O) groups is 2. The molecule has 0 spiro atoms. The zero-order valence-electron chi connectivity index (χ0n) is 15.7. The van der Waals surface area contributed by atoms with Crippen molar-refractivity contribution in [2.75, 3.05) is 6.54 Å². The van der Waals surface area contributed by atoms with Gasteiger partial charge in [-0.3, -0.25) is 4.79 Å². The van der Waals surface area contributed by atoms with Crippen LogP contribution < -0.4 is 0 Å². The molecule has 1 aliphatic heterocycles. The fraction of sp³-hybridized carbons (Fsp3) is 0.421. The van der Waals surface area contributed by atoms with Gasteiger partial charge in [0.05, 0.1) is 5.69 Å². The van der Waals surface area contributed by atoms with Crippen molar-refractivity contribution in [1.82, 2.24) is 14.9 Å². The molecule has 2 aromatic rings. The number of aromatic amines is 1. The van der Waals surface area contributed by atoms with Crippen molar-refractivity contribution in [2.45, 2.75) is 45.3 Å². The molecule has 0 saturated carbocycles. The molecule has 0 radical (unpaired) electrons. The van der Waals surface area contributed by atoms with Crippen LogP contribution in [0.25, 0.3) is 11.3 Å². The molecule has 9 heteroatoms. The third-order valence-electron chi connectivity index (χ3n) is 4.36. The lowest BCUT2D eigenvalue weighted by Gasteiger charge is -2.20. The summed E-state index contributed by atoms with van der Waals surface area (Å²) in [4.78, 5) is 31.0. The van der Waals surface area contributed by atoms with E-state index in [1.807, 2.05) is 30.0 Å². The number of benzene rings is 1. The van der Waals surface area contributed by atoms with E-state index < -0.39 is 12.1 Å². The molecule has 0 aliphatic carbocycles. The number of hydrogen-bond donors (Lipinski definition) is 2. The Morgan fingerprint density at radius 2 is 1.86 bits per heavy atom. The van der Waals surface area contributed by atoms with Gasteiger partial charge in [-0.25, -0.2) is 9.78 Å². The number of hydrogen-bond acceptors (Lipinski definition) is 3. The van der Waals surface area contributed by atoms with E-state index in [4.69, 9.17) is 14.9 Å². The van der Waals surface area contributed by atoms with Gasteiger partial charge >= 0.3 is 12.1 Å². The van der Waals surface area contributed by atoms with E-state index in [1.165, 1.54) is 0 Å². The predicted octanol–water partition coefficient (Wildman–Crippen LogP) is 3.74. The Bertz CT molecular complexity index is 832. The van der Waals surface area contributed by atoms with Crippen LogP contribution in [0, 0.1) is 6.92 Å². The molecule has 6 nitrogen and oxygen atoms in total. The minimum absolute atomic E-state index is 0.177. The van der Waals surface area contributed by atoms with E-state index in [1.54, 1.807) is 0 Å². The summed E-state index contributed by atoms with van der Waals surface area (Å²) in [6, 6.07) is 10.4. The molecule has 1 aromatic heterocycles. The molecule has 1 saturated heterocycles. The van der Waals surface area contributed by atoms with Crippen molar-refractivity contribution >= 4 is 11.9 Å². The molecule has 2 N–H and O–H groups in total. The highest BCUT2D eigenvalue weighted by Gasteiger charge is 2.38. The molecule has 1 atom stereocenters. The van der Waals surface area contributed by atoms with Crippen LogP contribution >= 0.6 is 0 Å². The Morgan fingerprint density at radius 3 is 2.32 bits per heavy atom. The summed E-state index contributed by atoms with van der Waals surface area (Å²) >= 11 is 0. The van der Waals surface area contributed by atoms with Crippen LogP contribution in [-0.2, 0) is 9.59 Å². The lowest BCUT2D eigenvalue weighted by Crippen LogP contribution is -2.31. The Balaban J connectivity index is 0.000000345. The number of rotatable bonds is 3. The van der Waals surface area contributed by atoms with Gasteiger partial charge in [-0.1, -0.05) is 30.3 Å². The maximum absolute atomic E-state index is 12.0. The summed E-state index contributed by atoms with van der Waals surface area (Å²) in [7, 11) is 0. The van der Waals surface area contributed by atoms with Gasteiger partial charge in [-0.05, 0) is 20.8 Å². The lowest BCUT2D eigenvalue weighted by atomic mass is 10.1. The maximum atomic E-state index is 12.0. The van der Waals surface area contributed by atoms with Crippen LogP contribution in [0.1, 0.15) is 37.7 Å². The number of carbonyl (C=O) groups excluding carboxylic acids is 1. The smallest absolute Gasteiger partial charge is 0.475 e. The Labute approximate surface area is 160 Å². The second kappa shape index (κ2) is 8.45. The molecule has 2 heterocycles. The zero-order chi connectivity index (χ0) is 21.1. The van der Waals surface area contributed by atoms with Gasteiger partial charge in [0, 0.05) is 36.2 Å². The first-order chi connectivity index (χ1) is 13.0. The third kappa shape index (κ3) is 5.11. The first kappa shape index (κ1) is 21.5. The number of carboxylic acids is 1. The topological polar surface area (TPSA) is 86.3 Å². The van der Waals surface area contributed by atoms with Crippen molar-refractivity contribution in [3.05, 3.63) is 41.9 Å². The van der Waals surface area contributed by atoms with Crippen LogP contribution in [0.3, 0.4) is 0 Å². The average molecular weight is 397 g/mol. The number of amides is 1. The van der Waals surface area contributed by atoms with Crippen LogP contribution in [0.15, 0.2) is 30.3 Å². The van der Waals surface area contributed by atoms with Crippen LogP contribution in [0.5, 0.6) is 0 Å². The van der Waals surface area contributed by atoms with Crippen molar-refractivity contribution < 1.29 is 27.9 Å². The standard InChI is InChI=1S/C17H21N3O.C2HF3O2/c1-11(2)20-10-14(9-15(20)21)17-18-12(3)16(19-17)13-7-5-4-6-8-13;3-2(4,5)1(6)7/h4-8,11,14H,9-10H2,1-3H3,(H,18,19);(H,6,7). The van der Waals surface area contributed by atoms with E-state index in [2.05, 4.69) is 31.0 Å². The van der Waals surface area contributed by atoms with Crippen LogP contribution in [-0.4, -0.2) is 50.6 Å². The first-order valence-electron chi connectivity index (χ1n) is 8.72. The summed E-state index contributed by atoms with van der Waals surface area (Å²) in [5.41, 5.74) is 3.16. The van der Waals surface area contributed by atoms with Gasteiger partial charge in [0.25, 0.3) is 0 Å². The van der Waals surface area contributed by atoms with Gasteiger partial charge in [-0.15, -0.1) is 0 Å². The molecular formula is C19H22F3N3O3. The fourth-order valence-corrected chi connectivity index (χ4v) is 2.97. The second-order valence-corrected chi connectivity index (χ2v) is 6.81. The summed E-state index contributed by atoms with van der Waals surface area (Å²) in [6.07, 6.45) is -4.53. The normalized spacial score (nSPS) is 16.9. The molecule has 1 aliphatic rings. The van der Waals surface area contributed by atoms with E-state index in [9.17, 15) is 18.0 Å². The minimum Gasteiger partial charge on any atom is -0.475 e. The minimum atomic E-state index is -5.08. The number of nitrogens with zero attached hydrogens (tertiary/aromatic N) is 2. The molecular weight excluding hydrogens is 375 g/mol. The number of carboxylic acid groups (broad SMARTS) is 1. The molecule has 152 valence electrons. The van der Waals surface area contributed by atoms with Crippen LogP contribution in [0.4, 0.5) is 13.2 Å². The first-order valence-corrected chi connectivity index (χ1v) is 8.72. The summed E-state index contributed by atoms with van der Waals surface area (Å²) < 4.78 is 31.7. The SMILES string of the molecule is Cc1[nH]c(C2CC(=O)N(C(C)C)C2)nc1-c1ccccc1.O=C(O)C(F)(F)F. The van der Waals surface area contributed by atoms with Crippen molar-refractivity contribution in [1.29, 1.82) is 0 Å². The molecule has 1 aromatic carbocycles. The Kier molecular flexibility index (Phi) is 6.48. The molecule has 1 amide bonds. The molecule has 3 rings (SSSR count). The van der Waals surface area contributed by atoms with E-state index in [0.29, 0.717) is 6.42 Å². The highest BCUT2D eigenvalue weighted by molar-refractivity contribution is 5.80. The average Bonchev–Trinajstić information content (AvgIpc) is 3.18. The maximum Gasteiger partial charge on any atom is 0.490 e. The van der Waals surface area contributed by atoms with E-state index >= 15 is 0 Å². The molecule has 1 unspecified atom stereocenters. The predicted molar refractivity (Wildman–Crippen MR) is 96.7 cm³/mol. The van der Waals surface area contributed by atoms with Gasteiger partial charge in [0.1, 0.15) is 5.82 Å². The van der Waals surface area contributed by atoms with Gasteiger partial charge in [-0.2, -0.15) is 13.2 Å². The van der Waals surface area contributed by atoms with Crippen molar-refractivity contribution in [2.24, 2.45) is 0 Å². The second-order valence-electron chi connectivity index (χ2n) is 6.81. The van der Waals surface area contributed by atoms with E-state index in [0.717, 1.165) is 29.3 Å². The number of H-pyrrole nitrogens is 1.